The topological polar surface area (TPSA) is 63.1 Å². The lowest BCUT2D eigenvalue weighted by Crippen LogP contribution is -2.27. The summed E-state index contributed by atoms with van der Waals surface area (Å²) in [6, 6.07) is 23.4. The Hall–Kier alpha value is -3.51. The smallest absolute Gasteiger partial charge is 0.251 e. The summed E-state index contributed by atoms with van der Waals surface area (Å²) in [5.41, 5.74) is 4.84. The number of aryl methyl sites for hydroxylation is 2. The molecule has 3 aromatic carbocycles. The van der Waals surface area contributed by atoms with Crippen molar-refractivity contribution in [2.45, 2.75) is 25.3 Å². The molecule has 0 bridgehead atoms. The van der Waals surface area contributed by atoms with Crippen molar-refractivity contribution < 1.29 is 9.59 Å². The molecule has 168 valence electrons. The van der Waals surface area contributed by atoms with E-state index in [4.69, 9.17) is 0 Å². The largest absolute Gasteiger partial charge is 0.350 e. The van der Waals surface area contributed by atoms with E-state index in [1.807, 2.05) is 74.5 Å². The maximum absolute atomic E-state index is 12.5. The summed E-state index contributed by atoms with van der Waals surface area (Å²) in [5, 5.41) is 7.04. The van der Waals surface area contributed by atoms with Crippen LogP contribution in [0.3, 0.4) is 0 Å². The maximum atomic E-state index is 12.5. The second kappa shape index (κ2) is 10.4. The van der Waals surface area contributed by atoms with Gasteiger partial charge in [-0.15, -0.1) is 11.8 Å². The van der Waals surface area contributed by atoms with Crippen molar-refractivity contribution in [3.05, 3.63) is 95.7 Å². The van der Waals surface area contributed by atoms with Crippen LogP contribution in [0.4, 0.5) is 5.69 Å². The van der Waals surface area contributed by atoms with Crippen molar-refractivity contribution >= 4 is 40.2 Å². The maximum Gasteiger partial charge on any atom is 0.251 e. The normalized spacial score (nSPS) is 10.8. The predicted molar refractivity (Wildman–Crippen MR) is 136 cm³/mol. The van der Waals surface area contributed by atoms with Crippen LogP contribution in [0.2, 0.25) is 0 Å². The molecule has 5 nitrogen and oxygen atoms in total. The number of benzene rings is 3. The number of aromatic nitrogens is 1. The van der Waals surface area contributed by atoms with Crippen LogP contribution >= 0.6 is 11.8 Å². The van der Waals surface area contributed by atoms with E-state index in [0.717, 1.165) is 27.0 Å². The van der Waals surface area contributed by atoms with Crippen LogP contribution in [-0.2, 0) is 11.3 Å². The number of fused-ring (bicyclic) bond motifs is 1. The quantitative estimate of drug-likeness (QED) is 0.347. The van der Waals surface area contributed by atoms with Gasteiger partial charge in [0.1, 0.15) is 0 Å². The molecule has 0 aliphatic heterocycles. The Balaban J connectivity index is 1.38. The fourth-order valence-corrected chi connectivity index (χ4v) is 4.54. The summed E-state index contributed by atoms with van der Waals surface area (Å²) in [7, 11) is 0. The van der Waals surface area contributed by atoms with E-state index in [0.29, 0.717) is 24.4 Å². The first-order chi connectivity index (χ1) is 16.0. The molecule has 2 N–H and O–H groups in total. The first-order valence-electron chi connectivity index (χ1n) is 10.9. The third kappa shape index (κ3) is 5.65. The Morgan fingerprint density at radius 1 is 0.909 bits per heavy atom. The monoisotopic (exact) mass is 457 g/mol. The highest BCUT2D eigenvalue weighted by Crippen LogP contribution is 2.30. The molecular weight excluding hydrogens is 430 g/mol. The Labute approximate surface area is 198 Å². The summed E-state index contributed by atoms with van der Waals surface area (Å²) < 4.78 is 2.13. The van der Waals surface area contributed by atoms with Crippen LogP contribution in [0.15, 0.2) is 83.9 Å². The van der Waals surface area contributed by atoms with Crippen LogP contribution in [0.1, 0.15) is 21.5 Å². The molecule has 0 spiro atoms. The number of carbonyl (C=O) groups is 2. The first kappa shape index (κ1) is 22.7. The fourth-order valence-electron chi connectivity index (χ4n) is 3.65. The SMILES string of the molecule is Cc1ccc(C(=O)NCCn2cc(SCC(=O)Nc3ccccc3)c3ccccc32)cc1C. The zero-order valence-electron chi connectivity index (χ0n) is 18.8. The Kier molecular flexibility index (Phi) is 7.15. The van der Waals surface area contributed by atoms with Crippen molar-refractivity contribution in [2.75, 3.05) is 17.6 Å². The van der Waals surface area contributed by atoms with E-state index in [1.165, 1.54) is 17.3 Å². The zero-order chi connectivity index (χ0) is 23.2. The number of carbonyl (C=O) groups excluding carboxylic acids is 2. The van der Waals surface area contributed by atoms with E-state index in [2.05, 4.69) is 33.5 Å². The van der Waals surface area contributed by atoms with Crippen LogP contribution in [0.25, 0.3) is 10.9 Å². The molecule has 1 heterocycles. The molecule has 0 unspecified atom stereocenters. The molecule has 0 aliphatic rings. The molecule has 0 saturated carbocycles. The van der Waals surface area contributed by atoms with Gasteiger partial charge in [0, 0.05) is 46.3 Å². The van der Waals surface area contributed by atoms with E-state index in [-0.39, 0.29) is 11.8 Å². The molecule has 1 aromatic heterocycles. The third-order valence-electron chi connectivity index (χ3n) is 5.58. The van der Waals surface area contributed by atoms with Gasteiger partial charge in [-0.25, -0.2) is 0 Å². The summed E-state index contributed by atoms with van der Waals surface area (Å²) in [6.45, 7) is 5.21. The van der Waals surface area contributed by atoms with Gasteiger partial charge in [0.05, 0.1) is 5.75 Å². The molecular formula is C27H27N3O2S. The van der Waals surface area contributed by atoms with Crippen molar-refractivity contribution in [3.63, 3.8) is 0 Å². The van der Waals surface area contributed by atoms with Gasteiger partial charge >= 0.3 is 0 Å². The Bertz CT molecular complexity index is 1280. The van der Waals surface area contributed by atoms with Crippen LogP contribution in [0, 0.1) is 13.8 Å². The first-order valence-corrected chi connectivity index (χ1v) is 11.9. The number of anilines is 1. The average Bonchev–Trinajstić information content (AvgIpc) is 3.18. The lowest BCUT2D eigenvalue weighted by Gasteiger charge is -2.09. The van der Waals surface area contributed by atoms with E-state index >= 15 is 0 Å². The summed E-state index contributed by atoms with van der Waals surface area (Å²) in [5.74, 6) is 0.220. The predicted octanol–water partition coefficient (Wildman–Crippen LogP) is 5.42. The van der Waals surface area contributed by atoms with E-state index in [1.54, 1.807) is 0 Å². The van der Waals surface area contributed by atoms with Crippen LogP contribution < -0.4 is 10.6 Å². The highest BCUT2D eigenvalue weighted by Gasteiger charge is 2.12. The lowest BCUT2D eigenvalue weighted by atomic mass is 10.1. The summed E-state index contributed by atoms with van der Waals surface area (Å²) in [4.78, 5) is 25.9. The van der Waals surface area contributed by atoms with Crippen molar-refractivity contribution in [1.29, 1.82) is 0 Å². The van der Waals surface area contributed by atoms with Gasteiger partial charge in [-0.2, -0.15) is 0 Å². The number of nitrogens with zero attached hydrogens (tertiary/aromatic N) is 1. The van der Waals surface area contributed by atoms with Crippen molar-refractivity contribution in [3.8, 4) is 0 Å². The molecule has 0 atom stereocenters. The number of amides is 2. The van der Waals surface area contributed by atoms with Gasteiger partial charge in [0.2, 0.25) is 5.91 Å². The van der Waals surface area contributed by atoms with Gasteiger partial charge in [-0.1, -0.05) is 42.5 Å². The third-order valence-corrected chi connectivity index (χ3v) is 6.62. The molecule has 0 aliphatic carbocycles. The Morgan fingerprint density at radius 2 is 1.67 bits per heavy atom. The molecule has 6 heteroatoms. The molecule has 0 fully saturated rings. The van der Waals surface area contributed by atoms with Crippen molar-refractivity contribution in [1.82, 2.24) is 9.88 Å². The van der Waals surface area contributed by atoms with Crippen molar-refractivity contribution in [2.24, 2.45) is 0 Å². The highest BCUT2D eigenvalue weighted by atomic mass is 32.2. The van der Waals surface area contributed by atoms with Crippen LogP contribution in [0.5, 0.6) is 0 Å². The van der Waals surface area contributed by atoms with Gasteiger partial charge in [0.25, 0.3) is 5.91 Å². The average molecular weight is 458 g/mol. The Morgan fingerprint density at radius 3 is 2.45 bits per heavy atom. The standard InChI is InChI=1S/C27H27N3O2S/c1-19-12-13-21(16-20(19)2)27(32)28-14-15-30-17-25(23-10-6-7-11-24(23)30)33-18-26(31)29-22-8-4-3-5-9-22/h3-13,16-17H,14-15,18H2,1-2H3,(H,28,32)(H,29,31). The second-order valence-electron chi connectivity index (χ2n) is 7.96. The van der Waals surface area contributed by atoms with Gasteiger partial charge in [-0.3, -0.25) is 9.59 Å². The number of rotatable bonds is 8. The minimum atomic E-state index is -0.0678. The molecule has 2 amide bonds. The van der Waals surface area contributed by atoms with E-state index < -0.39 is 0 Å². The number of hydrogen-bond donors (Lipinski definition) is 2. The second-order valence-corrected chi connectivity index (χ2v) is 8.98. The summed E-state index contributed by atoms with van der Waals surface area (Å²) >= 11 is 1.52. The van der Waals surface area contributed by atoms with Crippen LogP contribution in [-0.4, -0.2) is 28.7 Å². The lowest BCUT2D eigenvalue weighted by molar-refractivity contribution is -0.113. The highest BCUT2D eigenvalue weighted by molar-refractivity contribution is 8.00. The van der Waals surface area contributed by atoms with E-state index in [9.17, 15) is 9.59 Å². The fraction of sp³-hybridized carbons (Fsp3) is 0.185. The molecule has 4 rings (SSSR count). The zero-order valence-corrected chi connectivity index (χ0v) is 19.6. The number of nitrogens with one attached hydrogen (secondary N) is 2. The molecule has 0 saturated heterocycles. The summed E-state index contributed by atoms with van der Waals surface area (Å²) in [6.07, 6.45) is 2.06. The number of para-hydroxylation sites is 2. The number of hydrogen-bond acceptors (Lipinski definition) is 3. The minimum Gasteiger partial charge on any atom is -0.350 e. The van der Waals surface area contributed by atoms with Gasteiger partial charge < -0.3 is 15.2 Å². The van der Waals surface area contributed by atoms with Gasteiger partial charge in [0.15, 0.2) is 0 Å². The molecule has 33 heavy (non-hydrogen) atoms. The van der Waals surface area contributed by atoms with Gasteiger partial charge in [-0.05, 0) is 55.3 Å². The number of thioether (sulfide) groups is 1. The molecule has 0 radical (unpaired) electrons. The minimum absolute atomic E-state index is 0.0383. The molecule has 4 aromatic rings.